The van der Waals surface area contributed by atoms with Gasteiger partial charge < -0.3 is 4.74 Å². The number of carbonyl (C=O) groups excluding carboxylic acids is 1. The van der Waals surface area contributed by atoms with Crippen LogP contribution in [-0.2, 0) is 9.84 Å². The van der Waals surface area contributed by atoms with E-state index in [1.807, 2.05) is 28.7 Å². The molecule has 0 N–H and O–H groups in total. The number of carbonyl (C=O) groups is 1. The minimum atomic E-state index is -3.53. The lowest BCUT2D eigenvalue weighted by Crippen LogP contribution is -2.30. The van der Waals surface area contributed by atoms with Crippen LogP contribution in [0.5, 0.6) is 5.75 Å². The summed E-state index contributed by atoms with van der Waals surface area (Å²) in [5.74, 6) is -0.486. The van der Waals surface area contributed by atoms with E-state index in [1.165, 1.54) is 24.1 Å². The van der Waals surface area contributed by atoms with Gasteiger partial charge in [0.05, 0.1) is 26.8 Å². The largest absolute Gasteiger partial charge is 0.494 e. The molecule has 24 heavy (non-hydrogen) atoms. The molecule has 0 aliphatic carbocycles. The summed E-state index contributed by atoms with van der Waals surface area (Å²) in [5, 5.41) is 9.23. The lowest BCUT2D eigenvalue weighted by Gasteiger charge is -2.17. The van der Waals surface area contributed by atoms with Crippen LogP contribution in [0.3, 0.4) is 0 Å². The zero-order chi connectivity index (χ0) is 17.5. The molecule has 2 aromatic carbocycles. The number of nitriles is 1. The maximum absolute atomic E-state index is 12.8. The Bertz CT molecular complexity index is 996. The van der Waals surface area contributed by atoms with E-state index >= 15 is 0 Å². The zero-order valence-corrected chi connectivity index (χ0v) is 15.5. The molecule has 0 fully saturated rings. The van der Waals surface area contributed by atoms with E-state index < -0.39 is 21.6 Å². The summed E-state index contributed by atoms with van der Waals surface area (Å²) in [6, 6.07) is 11.4. The Balaban J connectivity index is 2.09. The summed E-state index contributed by atoms with van der Waals surface area (Å²) < 4.78 is 30.2. The number of nitrogens with zero attached hydrogens (tertiary/aromatic N) is 2. The molecule has 1 aliphatic heterocycles. The molecule has 2 aromatic rings. The fourth-order valence-corrected chi connectivity index (χ4v) is 4.95. The van der Waals surface area contributed by atoms with Crippen molar-refractivity contribution in [1.29, 1.82) is 5.26 Å². The second kappa shape index (κ2) is 6.07. The topological polar surface area (TPSA) is 87.5 Å². The van der Waals surface area contributed by atoms with Crippen molar-refractivity contribution < 1.29 is 17.9 Å². The van der Waals surface area contributed by atoms with E-state index in [1.54, 1.807) is 24.3 Å². The van der Waals surface area contributed by atoms with Crippen molar-refractivity contribution in [3.05, 3.63) is 51.1 Å². The van der Waals surface area contributed by atoms with Gasteiger partial charge in [0.2, 0.25) is 0 Å². The lowest BCUT2D eigenvalue weighted by atomic mass is 10.1. The molecule has 1 amide bonds. The number of fused-ring (bicyclic) bond motifs is 1. The lowest BCUT2D eigenvalue weighted by molar-refractivity contribution is 0.0991. The molecule has 0 aromatic heterocycles. The summed E-state index contributed by atoms with van der Waals surface area (Å²) >= 11 is 1.97. The van der Waals surface area contributed by atoms with Crippen molar-refractivity contribution in [1.82, 2.24) is 0 Å². The third-order valence-electron chi connectivity index (χ3n) is 3.65. The number of rotatable bonds is 2. The number of halogens is 1. The monoisotopic (exact) mass is 454 g/mol. The van der Waals surface area contributed by atoms with E-state index in [2.05, 4.69) is 0 Å². The molecular formula is C16H11IN2O4S. The van der Waals surface area contributed by atoms with Crippen molar-refractivity contribution >= 4 is 44.0 Å². The molecule has 1 heterocycles. The predicted octanol–water partition coefficient (Wildman–Crippen LogP) is 2.56. The first-order valence-corrected chi connectivity index (χ1v) is 9.53. The van der Waals surface area contributed by atoms with Crippen molar-refractivity contribution in [2.24, 2.45) is 0 Å². The Labute approximate surface area is 152 Å². The summed E-state index contributed by atoms with van der Waals surface area (Å²) in [6.07, 6.45) is 0. The number of methoxy groups -OCH3 is 1. The number of hydrogen-bond donors (Lipinski definition) is 0. The quantitative estimate of drug-likeness (QED) is 0.652. The van der Waals surface area contributed by atoms with E-state index in [0.717, 1.165) is 0 Å². The second-order valence-electron chi connectivity index (χ2n) is 5.10. The second-order valence-corrected chi connectivity index (χ2v) is 8.19. The first-order valence-electron chi connectivity index (χ1n) is 6.80. The van der Waals surface area contributed by atoms with Crippen LogP contribution >= 0.6 is 22.6 Å². The minimum Gasteiger partial charge on any atom is -0.494 e. The smallest absolute Gasteiger partial charge is 0.259 e. The zero-order valence-electron chi connectivity index (χ0n) is 12.5. The van der Waals surface area contributed by atoms with Crippen LogP contribution in [0.15, 0.2) is 41.3 Å². The van der Waals surface area contributed by atoms with Crippen LogP contribution in [0.25, 0.3) is 0 Å². The van der Waals surface area contributed by atoms with E-state index in [0.29, 0.717) is 15.0 Å². The van der Waals surface area contributed by atoms with Gasteiger partial charge in [-0.05, 0) is 46.9 Å². The van der Waals surface area contributed by atoms with Gasteiger partial charge in [0, 0.05) is 5.56 Å². The number of ether oxygens (including phenoxy) is 1. The van der Waals surface area contributed by atoms with Gasteiger partial charge in [-0.3, -0.25) is 9.69 Å². The van der Waals surface area contributed by atoms with E-state index in [4.69, 9.17) is 4.74 Å². The van der Waals surface area contributed by atoms with Crippen LogP contribution in [0.1, 0.15) is 15.9 Å². The highest BCUT2D eigenvalue weighted by atomic mass is 127. The molecule has 0 radical (unpaired) electrons. The molecule has 0 saturated heterocycles. The van der Waals surface area contributed by atoms with Gasteiger partial charge in [0.1, 0.15) is 17.7 Å². The van der Waals surface area contributed by atoms with Crippen LogP contribution < -0.4 is 9.64 Å². The summed E-state index contributed by atoms with van der Waals surface area (Å²) in [7, 11) is -2.09. The average molecular weight is 454 g/mol. The minimum absolute atomic E-state index is 0.141. The Morgan fingerprint density at radius 3 is 2.71 bits per heavy atom. The molecule has 0 bridgehead atoms. The highest BCUT2D eigenvalue weighted by molar-refractivity contribution is 14.1. The molecule has 122 valence electrons. The summed E-state index contributed by atoms with van der Waals surface area (Å²) in [4.78, 5) is 14.2. The number of hydrogen-bond acceptors (Lipinski definition) is 5. The molecule has 6 nitrogen and oxygen atoms in total. The van der Waals surface area contributed by atoms with Crippen molar-refractivity contribution in [2.75, 3.05) is 17.9 Å². The highest BCUT2D eigenvalue weighted by Gasteiger charge is 2.36. The van der Waals surface area contributed by atoms with Gasteiger partial charge in [0.25, 0.3) is 5.91 Å². The van der Waals surface area contributed by atoms with Gasteiger partial charge in [-0.1, -0.05) is 12.1 Å². The molecule has 0 unspecified atom stereocenters. The molecule has 1 aliphatic rings. The Morgan fingerprint density at radius 2 is 2.04 bits per heavy atom. The van der Waals surface area contributed by atoms with Crippen LogP contribution in [0.4, 0.5) is 5.69 Å². The van der Waals surface area contributed by atoms with Crippen LogP contribution in [0, 0.1) is 14.9 Å². The van der Waals surface area contributed by atoms with E-state index in [-0.39, 0.29) is 16.0 Å². The van der Waals surface area contributed by atoms with Gasteiger partial charge in [-0.2, -0.15) is 5.26 Å². The van der Waals surface area contributed by atoms with Gasteiger partial charge >= 0.3 is 0 Å². The summed E-state index contributed by atoms with van der Waals surface area (Å²) in [5.41, 5.74) is 0.818. The molecule has 0 atom stereocenters. The molecule has 8 heteroatoms. The first kappa shape index (κ1) is 16.7. The SMILES string of the molecule is COc1c(I)cc(C(=O)N2CS(=O)(=O)c3ccccc32)cc1C#N. The Hall–Kier alpha value is -2.12. The van der Waals surface area contributed by atoms with Gasteiger partial charge in [-0.15, -0.1) is 0 Å². The molecule has 0 saturated carbocycles. The fourth-order valence-electron chi connectivity index (χ4n) is 2.58. The van der Waals surface area contributed by atoms with Gasteiger partial charge in [-0.25, -0.2) is 8.42 Å². The maximum atomic E-state index is 12.8. The standard InChI is InChI=1S/C16H11IN2O4S/c1-23-15-11(8-18)6-10(7-12(15)17)16(20)19-9-24(21,22)14-5-3-2-4-13(14)19/h2-7H,9H2,1H3. The number of sulfone groups is 1. The normalized spacial score (nSPS) is 14.8. The maximum Gasteiger partial charge on any atom is 0.259 e. The fraction of sp³-hybridized carbons (Fsp3) is 0.125. The Morgan fingerprint density at radius 1 is 1.33 bits per heavy atom. The number of amides is 1. The average Bonchev–Trinajstić information content (AvgIpc) is 2.85. The van der Waals surface area contributed by atoms with Crippen molar-refractivity contribution in [3.8, 4) is 11.8 Å². The Kier molecular flexibility index (Phi) is 4.23. The van der Waals surface area contributed by atoms with E-state index in [9.17, 15) is 18.5 Å². The van der Waals surface area contributed by atoms with Crippen LogP contribution in [-0.4, -0.2) is 27.3 Å². The molecule has 3 rings (SSSR count). The molecular weight excluding hydrogens is 443 g/mol. The number of anilines is 1. The van der Waals surface area contributed by atoms with Crippen molar-refractivity contribution in [3.63, 3.8) is 0 Å². The molecule has 0 spiro atoms. The third-order valence-corrected chi connectivity index (χ3v) is 6.07. The van der Waals surface area contributed by atoms with Gasteiger partial charge in [0.15, 0.2) is 9.84 Å². The number of para-hydroxylation sites is 1. The summed E-state index contributed by atoms with van der Waals surface area (Å²) in [6.45, 7) is 0. The van der Waals surface area contributed by atoms with Crippen molar-refractivity contribution in [2.45, 2.75) is 4.90 Å². The highest BCUT2D eigenvalue weighted by Crippen LogP contribution is 2.35. The predicted molar refractivity (Wildman–Crippen MR) is 95.7 cm³/mol. The van der Waals surface area contributed by atoms with Crippen LogP contribution in [0.2, 0.25) is 0 Å². The number of benzene rings is 2. The first-order chi connectivity index (χ1) is 11.4. The third kappa shape index (κ3) is 2.63.